The molecule has 0 radical (unpaired) electrons. The SMILES string of the molecule is Cc1cccc(/C(N)=N/O)c1N(C)CC1CC1. The van der Waals surface area contributed by atoms with Gasteiger partial charge in [-0.3, -0.25) is 0 Å². The van der Waals surface area contributed by atoms with E-state index in [0.29, 0.717) is 0 Å². The lowest BCUT2D eigenvalue weighted by atomic mass is 10.1. The van der Waals surface area contributed by atoms with Crippen LogP contribution in [0.4, 0.5) is 5.69 Å². The number of amidine groups is 1. The quantitative estimate of drug-likeness (QED) is 0.361. The Morgan fingerprint density at radius 1 is 1.53 bits per heavy atom. The number of anilines is 1. The molecule has 17 heavy (non-hydrogen) atoms. The maximum atomic E-state index is 8.82. The molecular weight excluding hydrogens is 214 g/mol. The number of benzene rings is 1. The molecule has 0 saturated heterocycles. The van der Waals surface area contributed by atoms with Crippen LogP contribution in [0.3, 0.4) is 0 Å². The first-order valence-electron chi connectivity index (χ1n) is 5.92. The zero-order valence-corrected chi connectivity index (χ0v) is 10.3. The minimum atomic E-state index is 0.173. The van der Waals surface area contributed by atoms with Crippen LogP contribution in [0.1, 0.15) is 24.0 Å². The minimum absolute atomic E-state index is 0.173. The van der Waals surface area contributed by atoms with Gasteiger partial charge in [-0.1, -0.05) is 17.3 Å². The molecule has 4 nitrogen and oxygen atoms in total. The van der Waals surface area contributed by atoms with E-state index in [1.807, 2.05) is 25.1 Å². The highest BCUT2D eigenvalue weighted by molar-refractivity contribution is 6.02. The van der Waals surface area contributed by atoms with Gasteiger partial charge in [-0.2, -0.15) is 0 Å². The molecule has 0 heterocycles. The molecule has 92 valence electrons. The Morgan fingerprint density at radius 2 is 2.24 bits per heavy atom. The van der Waals surface area contributed by atoms with Gasteiger partial charge in [0.05, 0.1) is 5.69 Å². The van der Waals surface area contributed by atoms with Crippen LogP contribution in [0.5, 0.6) is 0 Å². The molecule has 3 N–H and O–H groups in total. The third-order valence-corrected chi connectivity index (χ3v) is 3.23. The molecule has 0 bridgehead atoms. The van der Waals surface area contributed by atoms with Gasteiger partial charge in [0.2, 0.25) is 0 Å². The van der Waals surface area contributed by atoms with Crippen molar-refractivity contribution < 1.29 is 5.21 Å². The summed E-state index contributed by atoms with van der Waals surface area (Å²) in [6.07, 6.45) is 2.63. The summed E-state index contributed by atoms with van der Waals surface area (Å²) in [5, 5.41) is 11.9. The number of aryl methyl sites for hydroxylation is 1. The number of para-hydroxylation sites is 1. The Labute approximate surface area is 102 Å². The standard InChI is InChI=1S/C13H19N3O/c1-9-4-3-5-11(13(14)15-17)12(9)16(2)8-10-6-7-10/h3-5,10,17H,6-8H2,1-2H3,(H2,14,15). The molecule has 4 heteroatoms. The van der Waals surface area contributed by atoms with Gasteiger partial charge in [0.15, 0.2) is 5.84 Å². The lowest BCUT2D eigenvalue weighted by molar-refractivity contribution is 0.318. The molecule has 0 aliphatic heterocycles. The van der Waals surface area contributed by atoms with Crippen molar-refractivity contribution in [2.45, 2.75) is 19.8 Å². The fourth-order valence-electron chi connectivity index (χ4n) is 2.21. The molecule has 1 saturated carbocycles. The lowest BCUT2D eigenvalue weighted by Gasteiger charge is -2.24. The van der Waals surface area contributed by atoms with E-state index in [4.69, 9.17) is 10.9 Å². The second-order valence-corrected chi connectivity index (χ2v) is 4.78. The highest BCUT2D eigenvalue weighted by Gasteiger charge is 2.24. The summed E-state index contributed by atoms with van der Waals surface area (Å²) in [7, 11) is 2.06. The lowest BCUT2D eigenvalue weighted by Crippen LogP contribution is -2.25. The normalized spacial score (nSPS) is 16.0. The van der Waals surface area contributed by atoms with E-state index < -0.39 is 0 Å². The van der Waals surface area contributed by atoms with Crippen molar-refractivity contribution >= 4 is 11.5 Å². The second-order valence-electron chi connectivity index (χ2n) is 4.78. The molecule has 0 atom stereocenters. The van der Waals surface area contributed by atoms with Crippen molar-refractivity contribution in [2.24, 2.45) is 16.8 Å². The van der Waals surface area contributed by atoms with Crippen LogP contribution in [-0.4, -0.2) is 24.6 Å². The number of hydrogen-bond donors (Lipinski definition) is 2. The third kappa shape index (κ3) is 2.52. The Bertz CT molecular complexity index is 438. The number of rotatable bonds is 4. The van der Waals surface area contributed by atoms with Crippen LogP contribution >= 0.6 is 0 Å². The van der Waals surface area contributed by atoms with Gasteiger partial charge in [-0.05, 0) is 37.3 Å². The van der Waals surface area contributed by atoms with Gasteiger partial charge in [-0.15, -0.1) is 0 Å². The van der Waals surface area contributed by atoms with E-state index in [1.165, 1.54) is 12.8 Å². The van der Waals surface area contributed by atoms with Crippen molar-refractivity contribution in [1.29, 1.82) is 0 Å². The van der Waals surface area contributed by atoms with Crippen molar-refractivity contribution in [2.75, 3.05) is 18.5 Å². The second kappa shape index (κ2) is 4.65. The van der Waals surface area contributed by atoms with Crippen molar-refractivity contribution in [3.63, 3.8) is 0 Å². The van der Waals surface area contributed by atoms with E-state index in [0.717, 1.165) is 29.3 Å². The fraction of sp³-hybridized carbons (Fsp3) is 0.462. The molecule has 0 unspecified atom stereocenters. The summed E-state index contributed by atoms with van der Waals surface area (Å²) < 4.78 is 0. The molecule has 1 aromatic rings. The summed E-state index contributed by atoms with van der Waals surface area (Å²) in [5.41, 5.74) is 8.74. The van der Waals surface area contributed by atoms with Crippen LogP contribution < -0.4 is 10.6 Å². The van der Waals surface area contributed by atoms with E-state index in [-0.39, 0.29) is 5.84 Å². The van der Waals surface area contributed by atoms with Gasteiger partial charge in [0, 0.05) is 19.2 Å². The monoisotopic (exact) mass is 233 g/mol. The van der Waals surface area contributed by atoms with Crippen molar-refractivity contribution in [3.8, 4) is 0 Å². The number of nitrogens with zero attached hydrogens (tertiary/aromatic N) is 2. The molecule has 1 aliphatic rings. The largest absolute Gasteiger partial charge is 0.409 e. The summed E-state index contributed by atoms with van der Waals surface area (Å²) in [5.74, 6) is 0.978. The molecule has 1 fully saturated rings. The fourth-order valence-corrected chi connectivity index (χ4v) is 2.21. The smallest absolute Gasteiger partial charge is 0.172 e. The Hall–Kier alpha value is -1.71. The number of nitrogens with two attached hydrogens (primary N) is 1. The van der Waals surface area contributed by atoms with E-state index in [9.17, 15) is 0 Å². The average molecular weight is 233 g/mol. The summed E-state index contributed by atoms with van der Waals surface area (Å²) >= 11 is 0. The summed E-state index contributed by atoms with van der Waals surface area (Å²) in [4.78, 5) is 2.21. The molecule has 0 aromatic heterocycles. The van der Waals surface area contributed by atoms with Gasteiger partial charge in [-0.25, -0.2) is 0 Å². The van der Waals surface area contributed by atoms with Crippen molar-refractivity contribution in [3.05, 3.63) is 29.3 Å². The van der Waals surface area contributed by atoms with Crippen LogP contribution in [0.2, 0.25) is 0 Å². The molecule has 2 rings (SSSR count). The Balaban J connectivity index is 2.34. The summed E-state index contributed by atoms with van der Waals surface area (Å²) in [6, 6.07) is 5.87. The van der Waals surface area contributed by atoms with Gasteiger partial charge in [0.25, 0.3) is 0 Å². The topological polar surface area (TPSA) is 61.9 Å². The molecule has 1 aliphatic carbocycles. The first-order chi connectivity index (χ1) is 8.13. The minimum Gasteiger partial charge on any atom is -0.409 e. The van der Waals surface area contributed by atoms with Gasteiger partial charge >= 0.3 is 0 Å². The third-order valence-electron chi connectivity index (χ3n) is 3.23. The molecule has 0 spiro atoms. The van der Waals surface area contributed by atoms with Crippen LogP contribution in [0.25, 0.3) is 0 Å². The molecule has 1 aromatic carbocycles. The number of oxime groups is 1. The highest BCUT2D eigenvalue weighted by Crippen LogP contribution is 2.32. The predicted octanol–water partition coefficient (Wildman–Crippen LogP) is 1.94. The zero-order chi connectivity index (χ0) is 12.4. The Kier molecular flexibility index (Phi) is 3.22. The van der Waals surface area contributed by atoms with E-state index >= 15 is 0 Å². The molecule has 0 amide bonds. The average Bonchev–Trinajstić information content (AvgIpc) is 3.11. The highest BCUT2D eigenvalue weighted by atomic mass is 16.4. The first-order valence-corrected chi connectivity index (χ1v) is 5.92. The van der Waals surface area contributed by atoms with Crippen LogP contribution in [0, 0.1) is 12.8 Å². The van der Waals surface area contributed by atoms with E-state index in [1.54, 1.807) is 0 Å². The maximum Gasteiger partial charge on any atom is 0.172 e. The van der Waals surface area contributed by atoms with Crippen LogP contribution in [0.15, 0.2) is 23.4 Å². The summed E-state index contributed by atoms with van der Waals surface area (Å²) in [6.45, 7) is 3.09. The predicted molar refractivity (Wildman–Crippen MR) is 69.7 cm³/mol. The van der Waals surface area contributed by atoms with Gasteiger partial charge < -0.3 is 15.8 Å². The van der Waals surface area contributed by atoms with E-state index in [2.05, 4.69) is 17.1 Å². The van der Waals surface area contributed by atoms with Gasteiger partial charge in [0.1, 0.15) is 0 Å². The molecular formula is C13H19N3O. The number of hydrogen-bond acceptors (Lipinski definition) is 3. The van der Waals surface area contributed by atoms with Crippen LogP contribution in [-0.2, 0) is 0 Å². The maximum absolute atomic E-state index is 8.82. The Morgan fingerprint density at radius 3 is 2.82 bits per heavy atom. The zero-order valence-electron chi connectivity index (χ0n) is 10.3. The van der Waals surface area contributed by atoms with Crippen molar-refractivity contribution in [1.82, 2.24) is 0 Å². The first kappa shape index (κ1) is 11.8.